The second kappa shape index (κ2) is 7.39. The Balaban J connectivity index is 0.00000196. The zero-order valence-electron chi connectivity index (χ0n) is 14.4. The van der Waals surface area contributed by atoms with Crippen LogP contribution in [0.25, 0.3) is 22.8 Å². The molecule has 1 aliphatic rings. The Kier molecular flexibility index (Phi) is 5.20. The summed E-state index contributed by atoms with van der Waals surface area (Å²) in [6.07, 6.45) is 2.78. The predicted octanol–water partition coefficient (Wildman–Crippen LogP) is 3.32. The Morgan fingerprint density at radius 2 is 2.15 bits per heavy atom. The van der Waals surface area contributed by atoms with Crippen LogP contribution in [0.3, 0.4) is 0 Å². The lowest BCUT2D eigenvalue weighted by molar-refractivity contribution is 0.403. The second-order valence-corrected chi connectivity index (χ2v) is 5.92. The van der Waals surface area contributed by atoms with E-state index in [1.54, 1.807) is 6.07 Å². The molecule has 0 saturated heterocycles. The molecule has 2 aromatic heterocycles. The van der Waals surface area contributed by atoms with Crippen LogP contribution in [0.1, 0.15) is 16.8 Å². The summed E-state index contributed by atoms with van der Waals surface area (Å²) in [7, 11) is 1.48. The van der Waals surface area contributed by atoms with Gasteiger partial charge in [0, 0.05) is 30.1 Å². The maximum atomic E-state index is 13.4. The van der Waals surface area contributed by atoms with Crippen LogP contribution in [-0.2, 0) is 13.0 Å². The van der Waals surface area contributed by atoms with E-state index in [0.717, 1.165) is 36.3 Å². The van der Waals surface area contributed by atoms with Crippen LogP contribution in [0.4, 0.5) is 4.39 Å². The van der Waals surface area contributed by atoms with Gasteiger partial charge in [0.05, 0.1) is 12.7 Å². The van der Waals surface area contributed by atoms with E-state index in [1.807, 2.05) is 13.1 Å². The predicted molar refractivity (Wildman–Crippen MR) is 96.9 cm³/mol. The topological polar surface area (TPSA) is 73.1 Å². The summed E-state index contributed by atoms with van der Waals surface area (Å²) < 4.78 is 24.0. The lowest BCUT2D eigenvalue weighted by atomic mass is 9.95. The molecule has 136 valence electrons. The van der Waals surface area contributed by atoms with Crippen molar-refractivity contribution in [3.05, 3.63) is 47.0 Å². The normalized spacial score (nSPS) is 13.0. The van der Waals surface area contributed by atoms with Crippen molar-refractivity contribution in [3.8, 4) is 28.6 Å². The minimum atomic E-state index is -0.384. The van der Waals surface area contributed by atoms with Crippen LogP contribution >= 0.6 is 12.4 Å². The average Bonchev–Trinajstić information content (AvgIpc) is 3.10. The molecule has 4 rings (SSSR count). The first-order chi connectivity index (χ1) is 12.2. The monoisotopic (exact) mass is 376 g/mol. The first kappa shape index (κ1) is 18.3. The van der Waals surface area contributed by atoms with Gasteiger partial charge in [-0.25, -0.2) is 4.39 Å². The van der Waals surface area contributed by atoms with E-state index in [0.29, 0.717) is 17.1 Å². The van der Waals surface area contributed by atoms with Crippen molar-refractivity contribution in [1.82, 2.24) is 20.4 Å². The van der Waals surface area contributed by atoms with E-state index in [1.165, 1.54) is 24.8 Å². The van der Waals surface area contributed by atoms with Gasteiger partial charge in [-0.3, -0.25) is 4.98 Å². The first-order valence-corrected chi connectivity index (χ1v) is 8.03. The van der Waals surface area contributed by atoms with Crippen LogP contribution in [-0.4, -0.2) is 28.8 Å². The molecule has 8 heteroatoms. The molecule has 0 fully saturated rings. The summed E-state index contributed by atoms with van der Waals surface area (Å²) in [5.74, 6) is 0.747. The highest BCUT2D eigenvalue weighted by Gasteiger charge is 2.22. The zero-order valence-corrected chi connectivity index (χ0v) is 15.2. The smallest absolute Gasteiger partial charge is 0.262 e. The Labute approximate surface area is 156 Å². The molecular weight excluding hydrogens is 359 g/mol. The Bertz CT molecular complexity index is 945. The van der Waals surface area contributed by atoms with Gasteiger partial charge in [-0.2, -0.15) is 4.98 Å². The largest absolute Gasteiger partial charge is 0.496 e. The Morgan fingerprint density at radius 3 is 2.96 bits per heavy atom. The number of halogens is 2. The van der Waals surface area contributed by atoms with Crippen molar-refractivity contribution in [3.63, 3.8) is 0 Å². The molecule has 3 heterocycles. The van der Waals surface area contributed by atoms with Gasteiger partial charge in [0.25, 0.3) is 5.89 Å². The molecule has 0 saturated carbocycles. The van der Waals surface area contributed by atoms with Gasteiger partial charge < -0.3 is 14.6 Å². The fourth-order valence-electron chi connectivity index (χ4n) is 3.14. The second-order valence-electron chi connectivity index (χ2n) is 5.92. The van der Waals surface area contributed by atoms with Gasteiger partial charge >= 0.3 is 0 Å². The fourth-order valence-corrected chi connectivity index (χ4v) is 3.14. The number of aromatic nitrogens is 3. The highest BCUT2D eigenvalue weighted by molar-refractivity contribution is 5.85. The van der Waals surface area contributed by atoms with E-state index < -0.39 is 0 Å². The summed E-state index contributed by atoms with van der Waals surface area (Å²) in [4.78, 5) is 8.98. The van der Waals surface area contributed by atoms with Crippen molar-refractivity contribution in [1.29, 1.82) is 0 Å². The molecule has 0 bridgehead atoms. The molecule has 1 aliphatic heterocycles. The Morgan fingerprint density at radius 1 is 1.31 bits per heavy atom. The summed E-state index contributed by atoms with van der Waals surface area (Å²) in [5.41, 5.74) is 4.68. The molecule has 1 aromatic carbocycles. The number of nitrogens with zero attached hydrogens (tertiary/aromatic N) is 3. The zero-order chi connectivity index (χ0) is 17.4. The van der Waals surface area contributed by atoms with Crippen LogP contribution in [0.5, 0.6) is 5.75 Å². The maximum Gasteiger partial charge on any atom is 0.262 e. The minimum absolute atomic E-state index is 0. The average molecular weight is 377 g/mol. The summed E-state index contributed by atoms with van der Waals surface area (Å²) in [6.45, 7) is 3.62. The first-order valence-electron chi connectivity index (χ1n) is 8.03. The van der Waals surface area contributed by atoms with Crippen molar-refractivity contribution in [2.75, 3.05) is 13.7 Å². The molecule has 3 aromatic rings. The van der Waals surface area contributed by atoms with Gasteiger partial charge in [-0.1, -0.05) is 5.16 Å². The molecule has 0 radical (unpaired) electrons. The lowest BCUT2D eigenvalue weighted by Gasteiger charge is -2.19. The fraction of sp³-hybridized carbons (Fsp3) is 0.278. The molecular formula is C18H18ClFN4O2. The third-order valence-electron chi connectivity index (χ3n) is 4.38. The molecule has 6 nitrogen and oxygen atoms in total. The number of fused-ring (bicyclic) bond motifs is 1. The SMILES string of the molecule is COc1cc(F)ccc1-c1nc(-c2c(C)ncc3c2CCNC3)no1.Cl. The van der Waals surface area contributed by atoms with Gasteiger partial charge in [-0.15, -0.1) is 12.4 Å². The molecule has 0 atom stereocenters. The summed E-state index contributed by atoms with van der Waals surface area (Å²) in [5, 5.41) is 7.47. The van der Waals surface area contributed by atoms with Crippen LogP contribution < -0.4 is 10.1 Å². The van der Waals surface area contributed by atoms with E-state index in [4.69, 9.17) is 9.26 Å². The van der Waals surface area contributed by atoms with Gasteiger partial charge in [0.15, 0.2) is 0 Å². The minimum Gasteiger partial charge on any atom is -0.496 e. The van der Waals surface area contributed by atoms with Crippen molar-refractivity contribution >= 4 is 12.4 Å². The number of hydrogen-bond acceptors (Lipinski definition) is 6. The summed E-state index contributed by atoms with van der Waals surface area (Å²) >= 11 is 0. The van der Waals surface area contributed by atoms with Gasteiger partial charge in [0.2, 0.25) is 5.82 Å². The third kappa shape index (κ3) is 3.15. The van der Waals surface area contributed by atoms with Crippen molar-refractivity contribution < 1.29 is 13.7 Å². The van der Waals surface area contributed by atoms with Crippen LogP contribution in [0, 0.1) is 12.7 Å². The molecule has 0 amide bonds. The van der Waals surface area contributed by atoms with Crippen molar-refractivity contribution in [2.24, 2.45) is 0 Å². The van der Waals surface area contributed by atoms with E-state index in [9.17, 15) is 4.39 Å². The highest BCUT2D eigenvalue weighted by atomic mass is 35.5. The number of pyridine rings is 1. The molecule has 26 heavy (non-hydrogen) atoms. The molecule has 1 N–H and O–H groups in total. The number of aryl methyl sites for hydroxylation is 1. The summed E-state index contributed by atoms with van der Waals surface area (Å²) in [6, 6.07) is 4.20. The highest BCUT2D eigenvalue weighted by Crippen LogP contribution is 2.33. The van der Waals surface area contributed by atoms with Crippen LogP contribution in [0.2, 0.25) is 0 Å². The molecule has 0 aliphatic carbocycles. The standard InChI is InChI=1S/C18H17FN4O2.ClH/c1-10-16(13-5-6-20-8-11(13)9-21-10)17-22-18(25-23-17)14-4-3-12(19)7-15(14)24-2;/h3-4,7,9,20H,5-6,8H2,1-2H3;1H. The van der Waals surface area contributed by atoms with Crippen LogP contribution in [0.15, 0.2) is 28.9 Å². The number of benzene rings is 1. The maximum absolute atomic E-state index is 13.4. The number of ether oxygens (including phenoxy) is 1. The number of hydrogen-bond donors (Lipinski definition) is 1. The molecule has 0 spiro atoms. The number of nitrogens with one attached hydrogen (secondary N) is 1. The van der Waals surface area contributed by atoms with E-state index in [-0.39, 0.29) is 24.1 Å². The van der Waals surface area contributed by atoms with Gasteiger partial charge in [0.1, 0.15) is 11.6 Å². The van der Waals surface area contributed by atoms with E-state index >= 15 is 0 Å². The quantitative estimate of drug-likeness (QED) is 0.756. The third-order valence-corrected chi connectivity index (χ3v) is 4.38. The molecule has 0 unspecified atom stereocenters. The van der Waals surface area contributed by atoms with E-state index in [2.05, 4.69) is 20.4 Å². The number of methoxy groups -OCH3 is 1. The Hall–Kier alpha value is -2.51. The van der Waals surface area contributed by atoms with Crippen molar-refractivity contribution in [2.45, 2.75) is 19.9 Å². The lowest BCUT2D eigenvalue weighted by Crippen LogP contribution is -2.24. The number of rotatable bonds is 3. The van der Waals surface area contributed by atoms with Gasteiger partial charge in [-0.05, 0) is 43.1 Å².